The van der Waals surface area contributed by atoms with E-state index in [2.05, 4.69) is 10.2 Å². The Balaban J connectivity index is 1.31. The highest BCUT2D eigenvalue weighted by Gasteiger charge is 2.28. The average Bonchev–Trinajstić information content (AvgIpc) is 3.58. The van der Waals surface area contributed by atoms with Crippen molar-refractivity contribution in [2.45, 2.75) is 30.3 Å². The van der Waals surface area contributed by atoms with Gasteiger partial charge in [-0.3, -0.25) is 9.69 Å². The van der Waals surface area contributed by atoms with Crippen LogP contribution in [0, 0.1) is 0 Å². The summed E-state index contributed by atoms with van der Waals surface area (Å²) in [6, 6.07) is 14.5. The van der Waals surface area contributed by atoms with Crippen LogP contribution >= 0.6 is 0 Å². The highest BCUT2D eigenvalue weighted by molar-refractivity contribution is 7.89. The minimum atomic E-state index is -3.50. The number of ether oxygens (including phenoxy) is 1. The van der Waals surface area contributed by atoms with E-state index < -0.39 is 10.0 Å². The quantitative estimate of drug-likeness (QED) is 0.729. The van der Waals surface area contributed by atoms with Crippen molar-refractivity contribution >= 4 is 15.9 Å². The lowest BCUT2D eigenvalue weighted by Crippen LogP contribution is -2.48. The number of methoxy groups -OCH3 is 1. The number of benzene rings is 2. The van der Waals surface area contributed by atoms with Crippen molar-refractivity contribution in [3.8, 4) is 5.75 Å². The Kier molecular flexibility index (Phi) is 6.08. The summed E-state index contributed by atoms with van der Waals surface area (Å²) in [6.45, 7) is 2.98. The lowest BCUT2D eigenvalue weighted by atomic mass is 10.1. The van der Waals surface area contributed by atoms with E-state index in [4.69, 9.17) is 4.74 Å². The van der Waals surface area contributed by atoms with Gasteiger partial charge in [0, 0.05) is 44.3 Å². The first-order valence-electron chi connectivity index (χ1n) is 10.2. The van der Waals surface area contributed by atoms with Crippen LogP contribution in [-0.4, -0.2) is 62.9 Å². The lowest BCUT2D eigenvalue weighted by molar-refractivity contribution is 0.0951. The van der Waals surface area contributed by atoms with Crippen molar-refractivity contribution in [1.29, 1.82) is 0 Å². The van der Waals surface area contributed by atoms with Crippen molar-refractivity contribution in [2.75, 3.05) is 33.3 Å². The van der Waals surface area contributed by atoms with Gasteiger partial charge in [0.05, 0.1) is 12.0 Å². The Morgan fingerprint density at radius 2 is 1.63 bits per heavy atom. The predicted molar refractivity (Wildman–Crippen MR) is 114 cm³/mol. The van der Waals surface area contributed by atoms with E-state index in [1.807, 2.05) is 24.3 Å². The van der Waals surface area contributed by atoms with Crippen LogP contribution in [0.5, 0.6) is 5.75 Å². The topological polar surface area (TPSA) is 79.0 Å². The summed E-state index contributed by atoms with van der Waals surface area (Å²) in [6.07, 6.45) is 2.15. The third-order valence-electron chi connectivity index (χ3n) is 5.56. The first kappa shape index (κ1) is 20.8. The fourth-order valence-electron chi connectivity index (χ4n) is 3.54. The summed E-state index contributed by atoms with van der Waals surface area (Å²) in [5, 5.41) is 2.99. The van der Waals surface area contributed by atoms with Gasteiger partial charge >= 0.3 is 0 Å². The zero-order valence-corrected chi connectivity index (χ0v) is 17.9. The van der Waals surface area contributed by atoms with Crippen LogP contribution in [0.2, 0.25) is 0 Å². The van der Waals surface area contributed by atoms with E-state index in [0.29, 0.717) is 43.5 Å². The van der Waals surface area contributed by atoms with Gasteiger partial charge in [-0.05, 0) is 54.8 Å². The Morgan fingerprint density at radius 1 is 1.00 bits per heavy atom. The van der Waals surface area contributed by atoms with Crippen molar-refractivity contribution < 1.29 is 17.9 Å². The summed E-state index contributed by atoms with van der Waals surface area (Å²) in [5.74, 6) is 0.621. The number of sulfonamides is 1. The number of hydrogen-bond donors (Lipinski definition) is 1. The van der Waals surface area contributed by atoms with Crippen molar-refractivity contribution in [1.82, 2.24) is 14.5 Å². The molecule has 1 saturated carbocycles. The normalized spacial score (nSPS) is 18.2. The van der Waals surface area contributed by atoms with E-state index in [1.165, 1.54) is 4.31 Å². The average molecular weight is 430 g/mol. The third-order valence-corrected chi connectivity index (χ3v) is 7.48. The van der Waals surface area contributed by atoms with E-state index >= 15 is 0 Å². The second kappa shape index (κ2) is 8.75. The molecule has 0 unspecified atom stereocenters. The molecule has 0 atom stereocenters. The molecule has 0 bridgehead atoms. The van der Waals surface area contributed by atoms with Crippen molar-refractivity contribution in [2.24, 2.45) is 0 Å². The lowest BCUT2D eigenvalue weighted by Gasteiger charge is -2.34. The number of carbonyl (C=O) groups excluding carboxylic acids is 1. The predicted octanol–water partition coefficient (Wildman–Crippen LogP) is 2.09. The molecule has 1 heterocycles. The second-order valence-corrected chi connectivity index (χ2v) is 9.74. The van der Waals surface area contributed by atoms with E-state index in [-0.39, 0.29) is 10.8 Å². The monoisotopic (exact) mass is 429 g/mol. The Hall–Kier alpha value is -2.42. The number of carbonyl (C=O) groups is 1. The number of rotatable bonds is 7. The van der Waals surface area contributed by atoms with Crippen LogP contribution in [0.15, 0.2) is 53.4 Å². The third kappa shape index (κ3) is 4.83. The molecule has 0 aromatic heterocycles. The van der Waals surface area contributed by atoms with Gasteiger partial charge in [0.25, 0.3) is 5.91 Å². The van der Waals surface area contributed by atoms with Gasteiger partial charge in [0.15, 0.2) is 0 Å². The molecule has 0 radical (unpaired) electrons. The van der Waals surface area contributed by atoms with Crippen LogP contribution < -0.4 is 10.1 Å². The highest BCUT2D eigenvalue weighted by Crippen LogP contribution is 2.22. The van der Waals surface area contributed by atoms with Gasteiger partial charge in [-0.15, -0.1) is 0 Å². The molecule has 1 aliphatic carbocycles. The van der Waals surface area contributed by atoms with Crippen molar-refractivity contribution in [3.63, 3.8) is 0 Å². The summed E-state index contributed by atoms with van der Waals surface area (Å²) >= 11 is 0. The van der Waals surface area contributed by atoms with Crippen LogP contribution in [-0.2, 0) is 16.6 Å². The minimum Gasteiger partial charge on any atom is -0.497 e. The molecule has 8 heteroatoms. The van der Waals surface area contributed by atoms with Gasteiger partial charge in [-0.2, -0.15) is 4.31 Å². The molecule has 1 N–H and O–H groups in total. The molecule has 160 valence electrons. The standard InChI is InChI=1S/C22H27N3O4S/c1-29-20-8-10-21(11-9-20)30(27,28)25-14-12-24(13-15-25)16-17-2-4-18(5-3-17)22(26)23-19-6-7-19/h2-5,8-11,19H,6-7,12-16H2,1H3,(H,23,26). The summed E-state index contributed by atoms with van der Waals surface area (Å²) < 4.78 is 32.4. The van der Waals surface area contributed by atoms with Gasteiger partial charge in [-0.1, -0.05) is 12.1 Å². The molecule has 2 aromatic carbocycles. The molecule has 30 heavy (non-hydrogen) atoms. The Bertz CT molecular complexity index is 978. The van der Waals surface area contributed by atoms with E-state index in [1.54, 1.807) is 31.4 Å². The number of hydrogen-bond acceptors (Lipinski definition) is 5. The molecule has 0 spiro atoms. The number of nitrogens with one attached hydrogen (secondary N) is 1. The molecule has 4 rings (SSSR count). The maximum Gasteiger partial charge on any atom is 0.251 e. The molecular formula is C22H27N3O4S. The number of piperazine rings is 1. The molecular weight excluding hydrogens is 402 g/mol. The fraction of sp³-hybridized carbons (Fsp3) is 0.409. The zero-order valence-electron chi connectivity index (χ0n) is 17.1. The number of nitrogens with zero attached hydrogens (tertiary/aromatic N) is 2. The van der Waals surface area contributed by atoms with Crippen LogP contribution in [0.3, 0.4) is 0 Å². The van der Waals surface area contributed by atoms with E-state index in [9.17, 15) is 13.2 Å². The summed E-state index contributed by atoms with van der Waals surface area (Å²) in [7, 11) is -1.94. The molecule has 1 amide bonds. The number of amides is 1. The summed E-state index contributed by atoms with van der Waals surface area (Å²) in [5.41, 5.74) is 1.80. The minimum absolute atomic E-state index is 0.0126. The zero-order chi connectivity index (χ0) is 21.1. The fourth-order valence-corrected chi connectivity index (χ4v) is 4.96. The van der Waals surface area contributed by atoms with E-state index in [0.717, 1.165) is 24.9 Å². The maximum atomic E-state index is 12.9. The molecule has 7 nitrogen and oxygen atoms in total. The molecule has 2 aromatic rings. The molecule has 1 aliphatic heterocycles. The van der Waals surface area contributed by atoms with Crippen molar-refractivity contribution in [3.05, 3.63) is 59.7 Å². The SMILES string of the molecule is COc1ccc(S(=O)(=O)N2CCN(Cc3ccc(C(=O)NC4CC4)cc3)CC2)cc1. The Morgan fingerprint density at radius 3 is 2.20 bits per heavy atom. The van der Waals surface area contributed by atoms with Crippen LogP contribution in [0.1, 0.15) is 28.8 Å². The molecule has 2 aliphatic rings. The highest BCUT2D eigenvalue weighted by atomic mass is 32.2. The van der Waals surface area contributed by atoms with Gasteiger partial charge < -0.3 is 10.1 Å². The molecule has 1 saturated heterocycles. The summed E-state index contributed by atoms with van der Waals surface area (Å²) in [4.78, 5) is 14.6. The van der Waals surface area contributed by atoms with Gasteiger partial charge in [0.1, 0.15) is 5.75 Å². The maximum absolute atomic E-state index is 12.9. The first-order valence-corrected chi connectivity index (χ1v) is 11.7. The van der Waals surface area contributed by atoms with Gasteiger partial charge in [0.2, 0.25) is 10.0 Å². The molecule has 2 fully saturated rings. The Labute approximate surface area is 177 Å². The van der Waals surface area contributed by atoms with Crippen LogP contribution in [0.4, 0.5) is 0 Å². The smallest absolute Gasteiger partial charge is 0.251 e. The van der Waals surface area contributed by atoms with Gasteiger partial charge in [-0.25, -0.2) is 8.42 Å². The second-order valence-electron chi connectivity index (χ2n) is 7.80. The largest absolute Gasteiger partial charge is 0.497 e. The van der Waals surface area contributed by atoms with Crippen LogP contribution in [0.25, 0.3) is 0 Å². The first-order chi connectivity index (χ1) is 14.5.